The van der Waals surface area contributed by atoms with Crippen molar-refractivity contribution in [1.82, 2.24) is 9.97 Å². The molecule has 4 nitrogen and oxygen atoms in total. The van der Waals surface area contributed by atoms with Gasteiger partial charge < -0.3 is 10.7 Å². The molecule has 6 heteroatoms. The van der Waals surface area contributed by atoms with Crippen LogP contribution in [0.2, 0.25) is 0 Å². The van der Waals surface area contributed by atoms with Crippen molar-refractivity contribution < 1.29 is 0 Å². The highest BCUT2D eigenvalue weighted by Crippen LogP contribution is 2.35. The van der Waals surface area contributed by atoms with Crippen LogP contribution in [0.25, 0.3) is 0 Å². The maximum absolute atomic E-state index is 11.5. The third-order valence-electron chi connectivity index (χ3n) is 2.76. The summed E-state index contributed by atoms with van der Waals surface area (Å²) >= 11 is 4.90. The number of benzene rings is 1. The molecule has 2 aromatic rings. The summed E-state index contributed by atoms with van der Waals surface area (Å²) in [7, 11) is 0. The number of rotatable bonds is 4. The lowest BCUT2D eigenvalue weighted by atomic mass is 10.1. The van der Waals surface area contributed by atoms with E-state index in [1.54, 1.807) is 6.92 Å². The zero-order chi connectivity index (χ0) is 14.7. The van der Waals surface area contributed by atoms with Crippen LogP contribution in [0.3, 0.4) is 0 Å². The lowest BCUT2D eigenvalue weighted by molar-refractivity contribution is 0.716. The van der Waals surface area contributed by atoms with E-state index in [0.717, 1.165) is 10.0 Å². The first-order valence-electron chi connectivity index (χ1n) is 6.21. The Hall–Kier alpha value is -1.11. The van der Waals surface area contributed by atoms with Gasteiger partial charge in [0.05, 0.1) is 5.25 Å². The smallest absolute Gasteiger partial charge is 0.251 e. The molecule has 1 heterocycles. The van der Waals surface area contributed by atoms with Gasteiger partial charge in [-0.15, -0.1) is 0 Å². The third-order valence-corrected chi connectivity index (χ3v) is 4.66. The number of thioether (sulfide) groups is 1. The van der Waals surface area contributed by atoms with Crippen LogP contribution in [0.1, 0.15) is 23.4 Å². The summed E-state index contributed by atoms with van der Waals surface area (Å²) in [5.41, 5.74) is 7.75. The van der Waals surface area contributed by atoms with Crippen molar-refractivity contribution in [3.05, 3.63) is 56.4 Å². The summed E-state index contributed by atoms with van der Waals surface area (Å²) in [5.74, 6) is 0. The maximum atomic E-state index is 11.5. The topological polar surface area (TPSA) is 71.8 Å². The number of H-pyrrole nitrogens is 1. The van der Waals surface area contributed by atoms with Gasteiger partial charge in [0.1, 0.15) is 0 Å². The van der Waals surface area contributed by atoms with Crippen LogP contribution in [0.4, 0.5) is 0 Å². The number of nitrogens with one attached hydrogen (secondary N) is 1. The minimum Gasteiger partial charge on any atom is -0.327 e. The molecule has 3 N–H and O–H groups in total. The van der Waals surface area contributed by atoms with Gasteiger partial charge in [-0.25, -0.2) is 4.98 Å². The van der Waals surface area contributed by atoms with Crippen molar-refractivity contribution in [2.24, 2.45) is 5.73 Å². The monoisotopic (exact) mass is 353 g/mol. The van der Waals surface area contributed by atoms with E-state index in [1.165, 1.54) is 17.8 Å². The first kappa shape index (κ1) is 15.3. The van der Waals surface area contributed by atoms with E-state index in [-0.39, 0.29) is 16.9 Å². The van der Waals surface area contributed by atoms with Gasteiger partial charge in [0.2, 0.25) is 0 Å². The van der Waals surface area contributed by atoms with Crippen LogP contribution in [0, 0.1) is 6.92 Å². The zero-order valence-electron chi connectivity index (χ0n) is 11.3. The van der Waals surface area contributed by atoms with E-state index in [4.69, 9.17) is 5.73 Å². The molecule has 0 bridgehead atoms. The van der Waals surface area contributed by atoms with Crippen LogP contribution < -0.4 is 11.3 Å². The fourth-order valence-electron chi connectivity index (χ4n) is 1.86. The Bertz CT molecular complexity index is 640. The average Bonchev–Trinajstić information content (AvgIpc) is 2.36. The average molecular weight is 354 g/mol. The van der Waals surface area contributed by atoms with E-state index >= 15 is 0 Å². The number of halogens is 1. The second-order valence-corrected chi connectivity index (χ2v) is 6.69. The van der Waals surface area contributed by atoms with Gasteiger partial charge in [-0.1, -0.05) is 39.8 Å². The molecule has 0 aliphatic rings. The maximum Gasteiger partial charge on any atom is 0.251 e. The van der Waals surface area contributed by atoms with Gasteiger partial charge >= 0.3 is 0 Å². The van der Waals surface area contributed by atoms with Crippen LogP contribution in [0.5, 0.6) is 0 Å². The number of aromatic nitrogens is 2. The predicted molar refractivity (Wildman–Crippen MR) is 86.0 cm³/mol. The molecule has 2 rings (SSSR count). The highest BCUT2D eigenvalue weighted by Gasteiger charge is 2.19. The number of hydrogen-bond acceptors (Lipinski definition) is 4. The molecule has 0 spiro atoms. The molecule has 0 fully saturated rings. The van der Waals surface area contributed by atoms with E-state index < -0.39 is 0 Å². The van der Waals surface area contributed by atoms with Crippen molar-refractivity contribution in [1.29, 1.82) is 0 Å². The summed E-state index contributed by atoms with van der Waals surface area (Å²) < 4.78 is 1.02. The van der Waals surface area contributed by atoms with Crippen molar-refractivity contribution in [2.75, 3.05) is 0 Å². The molecule has 20 heavy (non-hydrogen) atoms. The Kier molecular flexibility index (Phi) is 5.01. The Morgan fingerprint density at radius 1 is 1.35 bits per heavy atom. The molecule has 1 aromatic carbocycles. The molecule has 0 radical (unpaired) electrons. The first-order chi connectivity index (χ1) is 9.45. The summed E-state index contributed by atoms with van der Waals surface area (Å²) in [6.45, 7) is 3.76. The molecule has 0 saturated carbocycles. The van der Waals surface area contributed by atoms with Gasteiger partial charge in [-0.05, 0) is 31.5 Å². The number of nitrogens with zero attached hydrogens (tertiary/aromatic N) is 1. The lowest BCUT2D eigenvalue weighted by Gasteiger charge is -2.20. The molecule has 0 saturated heterocycles. The zero-order valence-corrected chi connectivity index (χ0v) is 13.7. The summed E-state index contributed by atoms with van der Waals surface area (Å²) in [6.07, 6.45) is 0. The second kappa shape index (κ2) is 6.56. The highest BCUT2D eigenvalue weighted by atomic mass is 79.9. The Morgan fingerprint density at radius 2 is 2.00 bits per heavy atom. The summed E-state index contributed by atoms with van der Waals surface area (Å²) in [6, 6.07) is 9.44. The van der Waals surface area contributed by atoms with Crippen LogP contribution >= 0.6 is 27.7 Å². The van der Waals surface area contributed by atoms with Crippen LogP contribution in [-0.4, -0.2) is 16.0 Å². The number of nitrogens with two attached hydrogens (primary N) is 1. The number of aromatic amines is 1. The lowest BCUT2D eigenvalue weighted by Crippen LogP contribution is -2.23. The van der Waals surface area contributed by atoms with Crippen molar-refractivity contribution in [2.45, 2.75) is 30.3 Å². The summed E-state index contributed by atoms with van der Waals surface area (Å²) in [5, 5.41) is 0.633. The molecular weight excluding hydrogens is 338 g/mol. The molecule has 1 aromatic heterocycles. The fourth-order valence-corrected chi connectivity index (χ4v) is 3.23. The molecule has 2 unspecified atom stereocenters. The summed E-state index contributed by atoms with van der Waals surface area (Å²) in [4.78, 5) is 18.6. The van der Waals surface area contributed by atoms with Crippen molar-refractivity contribution >= 4 is 27.7 Å². The molecular formula is C14H16BrN3OS. The predicted octanol–water partition coefficient (Wildman–Crippen LogP) is 3.02. The van der Waals surface area contributed by atoms with Crippen LogP contribution in [0.15, 0.2) is 44.8 Å². The molecule has 106 valence electrons. The SMILES string of the molecule is Cc1cc(=O)[nH]c(SC(c2ccc(Br)cc2)C(C)N)n1. The molecule has 0 amide bonds. The van der Waals surface area contributed by atoms with Gasteiger partial charge in [-0.3, -0.25) is 4.79 Å². The van der Waals surface area contributed by atoms with Crippen molar-refractivity contribution in [3.63, 3.8) is 0 Å². The number of hydrogen-bond donors (Lipinski definition) is 2. The van der Waals surface area contributed by atoms with E-state index in [0.29, 0.717) is 10.9 Å². The quantitative estimate of drug-likeness (QED) is 0.654. The van der Waals surface area contributed by atoms with Gasteiger partial charge in [0.25, 0.3) is 5.56 Å². The van der Waals surface area contributed by atoms with Crippen molar-refractivity contribution in [3.8, 4) is 0 Å². The Labute approximate surface area is 130 Å². The highest BCUT2D eigenvalue weighted by molar-refractivity contribution is 9.10. The van der Waals surface area contributed by atoms with E-state index in [1.807, 2.05) is 31.2 Å². The van der Waals surface area contributed by atoms with Gasteiger partial charge in [-0.2, -0.15) is 0 Å². The molecule has 0 aliphatic heterocycles. The largest absolute Gasteiger partial charge is 0.327 e. The standard InChI is InChI=1S/C14H16BrN3OS/c1-8-7-12(19)18-14(17-8)20-13(9(2)16)10-3-5-11(15)6-4-10/h3-7,9,13H,16H2,1-2H3,(H,17,18,19). The Morgan fingerprint density at radius 3 is 2.55 bits per heavy atom. The number of aryl methyl sites for hydroxylation is 1. The van der Waals surface area contributed by atoms with E-state index in [9.17, 15) is 4.79 Å². The first-order valence-corrected chi connectivity index (χ1v) is 7.88. The Balaban J connectivity index is 2.30. The molecule has 2 atom stereocenters. The minimum absolute atomic E-state index is 0.0352. The second-order valence-electron chi connectivity index (χ2n) is 4.64. The van der Waals surface area contributed by atoms with Gasteiger partial charge in [0.15, 0.2) is 5.16 Å². The van der Waals surface area contributed by atoms with Crippen LogP contribution in [-0.2, 0) is 0 Å². The normalized spacial score (nSPS) is 14.0. The van der Waals surface area contributed by atoms with E-state index in [2.05, 4.69) is 25.9 Å². The minimum atomic E-state index is -0.140. The molecule has 0 aliphatic carbocycles. The third kappa shape index (κ3) is 3.94. The fraction of sp³-hybridized carbons (Fsp3) is 0.286. The van der Waals surface area contributed by atoms with Gasteiger partial charge in [0, 0.05) is 22.3 Å².